The van der Waals surface area contributed by atoms with Crippen molar-refractivity contribution in [2.75, 3.05) is 18.8 Å². The standard InChI is InChI=1S/C24H30N2/c25-22-8-3-7-21(15-22)24-10-4-9-23(16-24)26(12-11-24)17-18-13-19-5-1-2-6-20(19)14-18/h1-3,5-8,15,18,23H,4,9-14,16-17,25H2. The number of nitrogens with two attached hydrogens (primary N) is 1. The van der Waals surface area contributed by atoms with Gasteiger partial charge in [-0.1, -0.05) is 42.8 Å². The minimum absolute atomic E-state index is 0.382. The maximum Gasteiger partial charge on any atom is 0.0316 e. The molecule has 1 aliphatic heterocycles. The van der Waals surface area contributed by atoms with Gasteiger partial charge in [-0.15, -0.1) is 0 Å². The van der Waals surface area contributed by atoms with Gasteiger partial charge in [-0.25, -0.2) is 0 Å². The summed E-state index contributed by atoms with van der Waals surface area (Å²) >= 11 is 0. The number of nitrogen functional groups attached to an aromatic ring is 1. The Morgan fingerprint density at radius 2 is 1.81 bits per heavy atom. The van der Waals surface area contributed by atoms with E-state index in [9.17, 15) is 0 Å². The molecule has 1 saturated heterocycles. The van der Waals surface area contributed by atoms with Crippen molar-refractivity contribution >= 4 is 5.69 Å². The summed E-state index contributed by atoms with van der Waals surface area (Å²) in [7, 11) is 0. The number of likely N-dealkylation sites (tertiary alicyclic amines) is 1. The van der Waals surface area contributed by atoms with E-state index in [1.807, 2.05) is 6.07 Å². The summed E-state index contributed by atoms with van der Waals surface area (Å²) in [6.45, 7) is 2.54. The maximum absolute atomic E-state index is 6.10. The zero-order valence-corrected chi connectivity index (χ0v) is 15.7. The molecule has 2 heteroatoms. The molecule has 2 aromatic carbocycles. The van der Waals surface area contributed by atoms with Crippen molar-refractivity contribution in [2.24, 2.45) is 5.92 Å². The Kier molecular flexibility index (Phi) is 4.04. The van der Waals surface area contributed by atoms with Crippen molar-refractivity contribution in [2.45, 2.75) is 56.4 Å². The van der Waals surface area contributed by atoms with Crippen molar-refractivity contribution < 1.29 is 0 Å². The van der Waals surface area contributed by atoms with Gasteiger partial charge in [-0.05, 0) is 85.2 Å². The Labute approximate surface area is 157 Å². The van der Waals surface area contributed by atoms with Gasteiger partial charge in [-0.3, -0.25) is 0 Å². The average Bonchev–Trinajstić information content (AvgIpc) is 3.07. The smallest absolute Gasteiger partial charge is 0.0316 e. The first-order valence-electron chi connectivity index (χ1n) is 10.4. The van der Waals surface area contributed by atoms with Gasteiger partial charge >= 0.3 is 0 Å². The number of hydrogen-bond donors (Lipinski definition) is 1. The van der Waals surface area contributed by atoms with E-state index >= 15 is 0 Å². The van der Waals surface area contributed by atoms with Crippen LogP contribution in [0.15, 0.2) is 48.5 Å². The molecule has 2 aromatic rings. The summed E-state index contributed by atoms with van der Waals surface area (Å²) in [4.78, 5) is 2.83. The van der Waals surface area contributed by atoms with E-state index in [1.54, 1.807) is 11.1 Å². The fourth-order valence-electron chi connectivity index (χ4n) is 6.04. The molecule has 136 valence electrons. The molecule has 0 radical (unpaired) electrons. The normalized spacial score (nSPS) is 28.8. The third kappa shape index (κ3) is 2.85. The number of fused-ring (bicyclic) bond motifs is 3. The lowest BCUT2D eigenvalue weighted by Crippen LogP contribution is -2.52. The predicted molar refractivity (Wildman–Crippen MR) is 108 cm³/mol. The molecule has 3 aliphatic rings. The highest BCUT2D eigenvalue weighted by atomic mass is 15.2. The summed E-state index contributed by atoms with van der Waals surface area (Å²) in [6, 6.07) is 18.6. The van der Waals surface area contributed by atoms with Crippen LogP contribution in [0.4, 0.5) is 5.69 Å². The van der Waals surface area contributed by atoms with Gasteiger partial charge in [0.1, 0.15) is 0 Å². The van der Waals surface area contributed by atoms with Gasteiger partial charge < -0.3 is 10.6 Å². The first-order chi connectivity index (χ1) is 12.7. The first-order valence-corrected chi connectivity index (χ1v) is 10.4. The molecular formula is C24H30N2. The van der Waals surface area contributed by atoms with Crippen LogP contribution in [-0.4, -0.2) is 24.0 Å². The summed E-state index contributed by atoms with van der Waals surface area (Å²) < 4.78 is 0. The lowest BCUT2D eigenvalue weighted by Gasteiger charge is -2.51. The number of rotatable bonds is 3. The van der Waals surface area contributed by atoms with E-state index in [0.29, 0.717) is 5.41 Å². The molecule has 2 atom stereocenters. The van der Waals surface area contributed by atoms with E-state index in [4.69, 9.17) is 5.73 Å². The topological polar surface area (TPSA) is 29.3 Å². The Hall–Kier alpha value is -1.80. The highest BCUT2D eigenvalue weighted by molar-refractivity contribution is 5.44. The monoisotopic (exact) mass is 346 g/mol. The van der Waals surface area contributed by atoms with Crippen molar-refractivity contribution in [3.63, 3.8) is 0 Å². The molecule has 0 amide bonds. The fourth-order valence-corrected chi connectivity index (χ4v) is 6.04. The minimum Gasteiger partial charge on any atom is -0.399 e. The number of piperidine rings is 1. The highest BCUT2D eigenvalue weighted by Crippen LogP contribution is 2.47. The minimum atomic E-state index is 0.382. The van der Waals surface area contributed by atoms with Crippen LogP contribution in [0.3, 0.4) is 0 Å². The van der Waals surface area contributed by atoms with Gasteiger partial charge in [0.2, 0.25) is 0 Å². The molecule has 1 heterocycles. The van der Waals surface area contributed by atoms with Crippen LogP contribution in [0, 0.1) is 5.92 Å². The summed E-state index contributed by atoms with van der Waals surface area (Å²) in [5.74, 6) is 0.814. The maximum atomic E-state index is 6.10. The molecule has 0 aromatic heterocycles. The molecule has 2 fully saturated rings. The lowest BCUT2D eigenvalue weighted by molar-refractivity contribution is 0.0411. The molecule has 26 heavy (non-hydrogen) atoms. The van der Waals surface area contributed by atoms with Gasteiger partial charge in [0, 0.05) is 18.3 Å². The van der Waals surface area contributed by atoms with Crippen LogP contribution in [0.5, 0.6) is 0 Å². The lowest BCUT2D eigenvalue weighted by atomic mass is 9.63. The van der Waals surface area contributed by atoms with Gasteiger partial charge in [0.05, 0.1) is 0 Å². The largest absolute Gasteiger partial charge is 0.399 e. The second kappa shape index (κ2) is 6.42. The second-order valence-electron chi connectivity index (χ2n) is 8.94. The van der Waals surface area contributed by atoms with E-state index in [-0.39, 0.29) is 0 Å². The summed E-state index contributed by atoms with van der Waals surface area (Å²) in [6.07, 6.45) is 9.27. The quantitative estimate of drug-likeness (QED) is 0.825. The number of hydrogen-bond acceptors (Lipinski definition) is 2. The van der Waals surface area contributed by atoms with Crippen LogP contribution in [-0.2, 0) is 18.3 Å². The number of anilines is 1. The molecule has 2 aliphatic carbocycles. The van der Waals surface area contributed by atoms with E-state index in [2.05, 4.69) is 47.4 Å². The predicted octanol–water partition coefficient (Wildman–Crippen LogP) is 4.57. The third-order valence-corrected chi connectivity index (χ3v) is 7.34. The van der Waals surface area contributed by atoms with Crippen molar-refractivity contribution in [1.82, 2.24) is 4.90 Å². The molecule has 2 nitrogen and oxygen atoms in total. The molecule has 5 rings (SSSR count). The van der Waals surface area contributed by atoms with Gasteiger partial charge in [0.15, 0.2) is 0 Å². The zero-order chi connectivity index (χ0) is 17.6. The Bertz CT molecular complexity index is 773. The van der Waals surface area contributed by atoms with E-state index in [0.717, 1.165) is 17.6 Å². The van der Waals surface area contributed by atoms with Gasteiger partial charge in [-0.2, -0.15) is 0 Å². The van der Waals surface area contributed by atoms with Crippen molar-refractivity contribution in [3.8, 4) is 0 Å². The molecule has 1 saturated carbocycles. The summed E-state index contributed by atoms with van der Waals surface area (Å²) in [5.41, 5.74) is 12.1. The van der Waals surface area contributed by atoms with Gasteiger partial charge in [0.25, 0.3) is 0 Å². The summed E-state index contributed by atoms with van der Waals surface area (Å²) in [5, 5.41) is 0. The highest BCUT2D eigenvalue weighted by Gasteiger charge is 2.44. The van der Waals surface area contributed by atoms with Crippen LogP contribution >= 0.6 is 0 Å². The number of benzene rings is 2. The zero-order valence-electron chi connectivity index (χ0n) is 15.7. The fraction of sp³-hybridized carbons (Fsp3) is 0.500. The molecule has 2 bridgehead atoms. The first kappa shape index (κ1) is 16.4. The van der Waals surface area contributed by atoms with Crippen LogP contribution in [0.2, 0.25) is 0 Å². The Morgan fingerprint density at radius 3 is 2.58 bits per heavy atom. The van der Waals surface area contributed by atoms with Crippen molar-refractivity contribution in [1.29, 1.82) is 0 Å². The van der Waals surface area contributed by atoms with Crippen LogP contribution < -0.4 is 5.73 Å². The molecular weight excluding hydrogens is 316 g/mol. The molecule has 2 unspecified atom stereocenters. The van der Waals surface area contributed by atoms with E-state index in [1.165, 1.54) is 63.6 Å². The average molecular weight is 347 g/mol. The Morgan fingerprint density at radius 1 is 1.00 bits per heavy atom. The SMILES string of the molecule is Nc1cccc(C23CCCC(C2)N(CC2Cc4ccccc4C2)CC3)c1. The number of nitrogens with zero attached hydrogens (tertiary/aromatic N) is 1. The van der Waals surface area contributed by atoms with Crippen LogP contribution in [0.1, 0.15) is 48.8 Å². The second-order valence-corrected chi connectivity index (χ2v) is 8.94. The third-order valence-electron chi connectivity index (χ3n) is 7.34. The van der Waals surface area contributed by atoms with E-state index < -0.39 is 0 Å². The molecule has 2 N–H and O–H groups in total. The molecule has 0 spiro atoms. The van der Waals surface area contributed by atoms with Crippen molar-refractivity contribution in [3.05, 3.63) is 65.2 Å². The Balaban J connectivity index is 1.30. The van der Waals surface area contributed by atoms with Crippen LogP contribution in [0.25, 0.3) is 0 Å².